The lowest BCUT2D eigenvalue weighted by atomic mass is 10.1. The summed E-state index contributed by atoms with van der Waals surface area (Å²) in [6.45, 7) is 0. The Labute approximate surface area is 365 Å². The predicted molar refractivity (Wildman–Crippen MR) is 232 cm³/mol. The minimum absolute atomic E-state index is 0.412. The van der Waals surface area contributed by atoms with Crippen molar-refractivity contribution in [3.05, 3.63) is 188 Å². The first-order valence-corrected chi connectivity index (χ1v) is 16.8. The fourth-order valence-electron chi connectivity index (χ4n) is 7.11. The zero-order chi connectivity index (χ0) is 61.8. The number of hydrogen-bond donors (Lipinski definition) is 0. The van der Waals surface area contributed by atoms with Crippen LogP contribution in [0.4, 0.5) is 0 Å². The molecule has 0 saturated carbocycles. The molecule has 0 radical (unpaired) electrons. The Kier molecular flexibility index (Phi) is 3.16. The maximum atomic E-state index is 10.4. The maximum absolute atomic E-state index is 10.4. The highest BCUT2D eigenvalue weighted by atomic mass is 15.1. The van der Waals surface area contributed by atoms with Crippen LogP contribution >= 0.6 is 0 Å². The number of para-hydroxylation sites is 5. The average molecular weight is 758 g/mol. The Bertz CT molecular complexity index is 5080. The number of pyridine rings is 2. The van der Waals surface area contributed by atoms with Crippen molar-refractivity contribution in [2.75, 3.05) is 0 Å². The van der Waals surface area contributed by atoms with E-state index >= 15 is 0 Å². The van der Waals surface area contributed by atoms with Gasteiger partial charge in [-0.15, -0.1) is 0 Å². The number of hydrogen-bond acceptors (Lipinski definition) is 4. The zero-order valence-electron chi connectivity index (χ0n) is 56.4. The third kappa shape index (κ3) is 4.66. The van der Waals surface area contributed by atoms with Crippen molar-refractivity contribution in [2.24, 2.45) is 0 Å². The van der Waals surface area contributed by atoms with E-state index in [2.05, 4.69) is 15.0 Å². The third-order valence-corrected chi connectivity index (χ3v) is 9.36. The summed E-state index contributed by atoms with van der Waals surface area (Å²) >= 11 is 0. The molecule has 0 aliphatic rings. The zero-order valence-corrected chi connectivity index (χ0v) is 28.4. The molecule has 0 N–H and O–H groups in total. The Hall–Kier alpha value is -7.90. The van der Waals surface area contributed by atoms with Gasteiger partial charge in [-0.25, -0.2) is 9.97 Å². The SMILES string of the molecule is [2H]c1nc([2H])c2c3c([2H])c([2H])c([2H])c([2H])c3n(-c3cccc(-c4nc(-c5c([2H])c([2H])c([2H])c([2H])c5[2H])nc(-n5c6c([2H])c([2H])c([2H])c([2H])c6c6c([2H])c([2H])c([2H])c([2H])c65)c4[2H])c3-n3c4c([2H])c([2H])nc([2H])c4c4c([2H])c([2H])c([2H])c([2H])c43)c2c1[2H]. The number of benzene rings is 6. The van der Waals surface area contributed by atoms with Crippen LogP contribution in [0.25, 0.3) is 105 Å². The van der Waals surface area contributed by atoms with E-state index in [1.807, 2.05) is 0 Å². The van der Waals surface area contributed by atoms with Gasteiger partial charge in [0.25, 0.3) is 0 Å². The van der Waals surface area contributed by atoms with E-state index in [1.165, 1.54) is 18.2 Å². The van der Waals surface area contributed by atoms with Crippen molar-refractivity contribution in [1.29, 1.82) is 0 Å². The van der Waals surface area contributed by atoms with Crippen LogP contribution in [-0.2, 0) is 0 Å². The van der Waals surface area contributed by atoms with Gasteiger partial charge in [0.05, 0.1) is 88.6 Å². The Morgan fingerprint density at radius 3 is 1.54 bits per heavy atom. The topological polar surface area (TPSA) is 66.3 Å². The van der Waals surface area contributed by atoms with Gasteiger partial charge in [0.15, 0.2) is 5.82 Å². The standard InChI is InChI=1S/C50H31N7/c1-2-13-32(14-3-1)50-53-40(29-48(54-50)56-42-21-9-4-15-33(42)34-16-5-10-22-43(34)56)37-19-12-24-47(55-41-20-8-6-17-35(41)38-30-51-27-25-45(38)55)49(37)57-44-23-11-7-18-36(44)39-31-52-28-26-46(39)57/h1-31H/i1D,2D,3D,4D,5D,6D,7D,8D,9D,10D,11D,13D,14D,15D,16D,17D,18D,20D,21D,22D,23D,25D,26D,27D,28D,29D,30D,31D. The second-order valence-electron chi connectivity index (χ2n) is 12.3. The Morgan fingerprint density at radius 2 is 0.930 bits per heavy atom. The van der Waals surface area contributed by atoms with Gasteiger partial charge in [-0.05, 0) is 42.3 Å². The van der Waals surface area contributed by atoms with Crippen LogP contribution < -0.4 is 0 Å². The van der Waals surface area contributed by atoms with E-state index in [0.29, 0.717) is 0 Å². The van der Waals surface area contributed by atoms with Crippen molar-refractivity contribution >= 4 is 65.4 Å². The summed E-state index contributed by atoms with van der Waals surface area (Å²) in [6, 6.07) is -17.2. The molecule has 0 saturated heterocycles. The van der Waals surface area contributed by atoms with Crippen LogP contribution in [0.3, 0.4) is 0 Å². The van der Waals surface area contributed by atoms with E-state index < -0.39 is 275 Å². The molecule has 0 bridgehead atoms. The minimum Gasteiger partial charge on any atom is -0.307 e. The highest BCUT2D eigenvalue weighted by Gasteiger charge is 2.24. The monoisotopic (exact) mass is 757 g/mol. The van der Waals surface area contributed by atoms with Crippen LogP contribution in [0.2, 0.25) is 0 Å². The summed E-state index contributed by atoms with van der Waals surface area (Å²) in [7, 11) is 0. The van der Waals surface area contributed by atoms with Gasteiger partial charge in [0, 0.05) is 74.2 Å². The lowest BCUT2D eigenvalue weighted by Crippen LogP contribution is -2.07. The molecule has 6 aromatic carbocycles. The largest absolute Gasteiger partial charge is 0.307 e. The van der Waals surface area contributed by atoms with Gasteiger partial charge in [0.1, 0.15) is 5.82 Å². The van der Waals surface area contributed by atoms with Gasteiger partial charge < -0.3 is 9.13 Å². The van der Waals surface area contributed by atoms with E-state index in [1.54, 1.807) is 0 Å². The van der Waals surface area contributed by atoms with Gasteiger partial charge >= 0.3 is 0 Å². The molecule has 0 fully saturated rings. The van der Waals surface area contributed by atoms with Crippen LogP contribution in [0.1, 0.15) is 38.4 Å². The van der Waals surface area contributed by atoms with E-state index in [9.17, 15) is 13.7 Å². The molecular weight excluding hydrogens is 699 g/mol. The van der Waals surface area contributed by atoms with Crippen LogP contribution in [0, 0.1) is 0 Å². The molecule has 266 valence electrons. The van der Waals surface area contributed by atoms with Crippen molar-refractivity contribution in [2.45, 2.75) is 0 Å². The molecule has 7 nitrogen and oxygen atoms in total. The van der Waals surface area contributed by atoms with Gasteiger partial charge in [-0.2, -0.15) is 0 Å². The quantitative estimate of drug-likeness (QED) is 0.175. The minimum atomic E-state index is -0.984. The summed E-state index contributed by atoms with van der Waals surface area (Å²) in [4.78, 5) is 17.1. The second-order valence-corrected chi connectivity index (χ2v) is 12.3. The predicted octanol–water partition coefficient (Wildman–Crippen LogP) is 11.9. The maximum Gasteiger partial charge on any atom is 0.162 e. The van der Waals surface area contributed by atoms with Gasteiger partial charge in [-0.3, -0.25) is 14.5 Å². The molecule has 0 aliphatic carbocycles. The summed E-state index contributed by atoms with van der Waals surface area (Å²) in [5.41, 5.74) is -6.48. The molecule has 6 aromatic heterocycles. The molecular formula is C50H31N7. The summed E-state index contributed by atoms with van der Waals surface area (Å²) in [6.07, 6.45) is -3.31. The Morgan fingerprint density at radius 1 is 0.439 bits per heavy atom. The number of nitrogens with zero attached hydrogens (tertiary/aromatic N) is 7. The normalized spacial score (nSPS) is 18.7. The highest BCUT2D eigenvalue weighted by Crippen LogP contribution is 2.42. The van der Waals surface area contributed by atoms with Gasteiger partial charge in [0.2, 0.25) is 0 Å². The molecule has 0 amide bonds. The second kappa shape index (κ2) is 12.3. The van der Waals surface area contributed by atoms with Crippen molar-refractivity contribution in [3.8, 4) is 39.8 Å². The van der Waals surface area contributed by atoms with Gasteiger partial charge in [-0.1, -0.05) is 115 Å². The summed E-state index contributed by atoms with van der Waals surface area (Å²) < 4.78 is 257. The average Bonchev–Trinajstić information content (AvgIpc) is 1.63. The molecule has 12 aromatic rings. The van der Waals surface area contributed by atoms with Crippen LogP contribution in [-0.4, -0.2) is 33.6 Å². The number of fused-ring (bicyclic) bond motifs is 9. The van der Waals surface area contributed by atoms with E-state index in [-0.39, 0.29) is 0 Å². The molecule has 0 unspecified atom stereocenters. The number of rotatable bonds is 5. The molecule has 57 heavy (non-hydrogen) atoms. The fourth-order valence-corrected chi connectivity index (χ4v) is 7.11. The van der Waals surface area contributed by atoms with Crippen molar-refractivity contribution < 1.29 is 38.4 Å². The van der Waals surface area contributed by atoms with E-state index in [4.69, 9.17) is 29.7 Å². The first-order chi connectivity index (χ1) is 39.9. The lowest BCUT2D eigenvalue weighted by molar-refractivity contribution is 1.04. The molecule has 12 rings (SSSR count). The first-order valence-electron chi connectivity index (χ1n) is 30.8. The van der Waals surface area contributed by atoms with Crippen LogP contribution in [0.5, 0.6) is 0 Å². The van der Waals surface area contributed by atoms with E-state index in [0.717, 1.165) is 13.7 Å². The molecule has 7 heteroatoms. The third-order valence-electron chi connectivity index (χ3n) is 9.36. The lowest BCUT2D eigenvalue weighted by Gasteiger charge is -2.21. The van der Waals surface area contributed by atoms with Crippen molar-refractivity contribution in [3.63, 3.8) is 0 Å². The Balaban J connectivity index is 1.42. The summed E-state index contributed by atoms with van der Waals surface area (Å²) in [5.74, 6) is -1.73. The molecule has 0 aliphatic heterocycles. The molecule has 0 atom stereocenters. The first kappa shape index (κ1) is 14.6. The molecule has 6 heterocycles. The fraction of sp³-hybridized carbons (Fsp3) is 0. The highest BCUT2D eigenvalue weighted by molar-refractivity contribution is 6.12. The van der Waals surface area contributed by atoms with Crippen LogP contribution in [0.15, 0.2) is 188 Å². The summed E-state index contributed by atoms with van der Waals surface area (Å²) in [5, 5.41) is -2.80. The smallest absolute Gasteiger partial charge is 0.162 e. The number of aromatic nitrogens is 7. The van der Waals surface area contributed by atoms with Crippen molar-refractivity contribution in [1.82, 2.24) is 33.6 Å². The molecule has 0 spiro atoms.